The van der Waals surface area contributed by atoms with E-state index in [9.17, 15) is 5.11 Å². The van der Waals surface area contributed by atoms with Crippen molar-refractivity contribution in [2.45, 2.75) is 51.4 Å². The van der Waals surface area contributed by atoms with Gasteiger partial charge in [0.1, 0.15) is 5.75 Å². The number of aliphatic hydroxyl groups is 1. The summed E-state index contributed by atoms with van der Waals surface area (Å²) < 4.78 is 12.2. The van der Waals surface area contributed by atoms with Crippen LogP contribution in [0.4, 0.5) is 0 Å². The average molecular weight is 343 g/mol. The van der Waals surface area contributed by atoms with E-state index in [1.807, 2.05) is 32.0 Å². The van der Waals surface area contributed by atoms with Crippen LogP contribution < -0.4 is 4.74 Å². The second-order valence-electron chi connectivity index (χ2n) is 6.61. The monoisotopic (exact) mass is 342 g/mol. The lowest BCUT2D eigenvalue weighted by atomic mass is 9.80. The molecule has 1 heterocycles. The van der Waals surface area contributed by atoms with Gasteiger partial charge in [-0.05, 0) is 67.7 Å². The molecule has 0 aliphatic carbocycles. The molecule has 1 aliphatic rings. The first-order valence-corrected chi connectivity index (χ1v) is 7.67. The van der Waals surface area contributed by atoms with Crippen LogP contribution in [0.3, 0.4) is 0 Å². The first-order chi connectivity index (χ1) is 9.16. The highest BCUT2D eigenvalue weighted by atomic mass is 79.9. The Hall–Kier alpha value is -0.580. The highest BCUT2D eigenvalue weighted by molar-refractivity contribution is 9.10. The fourth-order valence-corrected chi connectivity index (χ4v) is 3.75. The predicted molar refractivity (Wildman–Crippen MR) is 83.0 cm³/mol. The summed E-state index contributed by atoms with van der Waals surface area (Å²) in [5.41, 5.74) is 0.353. The fraction of sp³-hybridized carbons (Fsp3) is 0.625. The summed E-state index contributed by atoms with van der Waals surface area (Å²) in [7, 11) is 1.63. The number of rotatable bonds is 3. The standard InChI is InChI=1S/C16H23BrO3/c1-15(2)9-11(16(3,4)20-15)14(18)10-6-7-13(19-5)12(17)8-10/h6-8,11,14,18H,9H2,1-5H3. The van der Waals surface area contributed by atoms with Gasteiger partial charge in [-0.1, -0.05) is 6.07 Å². The molecule has 1 fully saturated rings. The summed E-state index contributed by atoms with van der Waals surface area (Å²) in [6.07, 6.45) is 0.291. The molecule has 1 aromatic rings. The first kappa shape index (κ1) is 15.8. The molecule has 4 heteroatoms. The van der Waals surface area contributed by atoms with Crippen LogP contribution in [0.15, 0.2) is 22.7 Å². The minimum absolute atomic E-state index is 0.0674. The molecule has 20 heavy (non-hydrogen) atoms. The Morgan fingerprint density at radius 3 is 2.45 bits per heavy atom. The van der Waals surface area contributed by atoms with E-state index in [4.69, 9.17) is 9.47 Å². The molecule has 2 atom stereocenters. The Kier molecular flexibility index (Phi) is 4.20. The lowest BCUT2D eigenvalue weighted by Crippen LogP contribution is -2.32. The molecule has 0 amide bonds. The van der Waals surface area contributed by atoms with Gasteiger partial charge in [0.15, 0.2) is 0 Å². The van der Waals surface area contributed by atoms with Crippen molar-refractivity contribution in [3.05, 3.63) is 28.2 Å². The largest absolute Gasteiger partial charge is 0.496 e. The second kappa shape index (κ2) is 5.32. The van der Waals surface area contributed by atoms with Gasteiger partial charge in [0, 0.05) is 5.92 Å². The van der Waals surface area contributed by atoms with Crippen molar-refractivity contribution in [1.82, 2.24) is 0 Å². The number of methoxy groups -OCH3 is 1. The molecule has 1 saturated heterocycles. The highest BCUT2D eigenvalue weighted by Crippen LogP contribution is 2.48. The van der Waals surface area contributed by atoms with Gasteiger partial charge in [-0.15, -0.1) is 0 Å². The van der Waals surface area contributed by atoms with Gasteiger partial charge in [-0.25, -0.2) is 0 Å². The lowest BCUT2D eigenvalue weighted by molar-refractivity contribution is -0.0880. The molecule has 0 radical (unpaired) electrons. The van der Waals surface area contributed by atoms with E-state index in [0.717, 1.165) is 22.2 Å². The van der Waals surface area contributed by atoms with E-state index in [1.54, 1.807) is 7.11 Å². The third-order valence-corrected chi connectivity index (χ3v) is 4.66. The number of ether oxygens (including phenoxy) is 2. The molecule has 1 aliphatic heterocycles. The zero-order valence-corrected chi connectivity index (χ0v) is 14.3. The fourth-order valence-electron chi connectivity index (χ4n) is 3.20. The first-order valence-electron chi connectivity index (χ1n) is 6.88. The Morgan fingerprint density at radius 2 is 2.00 bits per heavy atom. The lowest BCUT2D eigenvalue weighted by Gasteiger charge is -2.30. The summed E-state index contributed by atoms with van der Waals surface area (Å²) in [6, 6.07) is 5.71. The molecular weight excluding hydrogens is 320 g/mol. The van der Waals surface area contributed by atoms with Crippen LogP contribution in [0.5, 0.6) is 5.75 Å². The van der Waals surface area contributed by atoms with E-state index < -0.39 is 6.10 Å². The van der Waals surface area contributed by atoms with Crippen molar-refractivity contribution in [3.63, 3.8) is 0 Å². The van der Waals surface area contributed by atoms with Crippen LogP contribution in [0.2, 0.25) is 0 Å². The Labute approximate surface area is 129 Å². The summed E-state index contributed by atoms with van der Waals surface area (Å²) in [6.45, 7) is 8.25. The van der Waals surface area contributed by atoms with Gasteiger partial charge in [-0.2, -0.15) is 0 Å². The third kappa shape index (κ3) is 3.02. The maximum atomic E-state index is 10.7. The van der Waals surface area contributed by atoms with Crippen LogP contribution in [-0.2, 0) is 4.74 Å². The van der Waals surface area contributed by atoms with Gasteiger partial charge in [0.25, 0.3) is 0 Å². The normalized spacial score (nSPS) is 25.4. The Morgan fingerprint density at radius 1 is 1.35 bits per heavy atom. The maximum Gasteiger partial charge on any atom is 0.133 e. The van der Waals surface area contributed by atoms with Crippen LogP contribution in [0.1, 0.15) is 45.8 Å². The maximum absolute atomic E-state index is 10.7. The summed E-state index contributed by atoms with van der Waals surface area (Å²) in [4.78, 5) is 0. The molecule has 3 nitrogen and oxygen atoms in total. The Bertz CT molecular complexity index is 496. The van der Waals surface area contributed by atoms with Gasteiger partial charge < -0.3 is 14.6 Å². The SMILES string of the molecule is COc1ccc(C(O)C2CC(C)(C)OC2(C)C)cc1Br. The third-order valence-electron chi connectivity index (χ3n) is 4.04. The van der Waals surface area contributed by atoms with Gasteiger partial charge >= 0.3 is 0 Å². The van der Waals surface area contributed by atoms with Crippen molar-refractivity contribution in [2.75, 3.05) is 7.11 Å². The zero-order chi connectivity index (χ0) is 15.1. The van der Waals surface area contributed by atoms with Gasteiger partial charge in [0.2, 0.25) is 0 Å². The van der Waals surface area contributed by atoms with Crippen LogP contribution in [0, 0.1) is 5.92 Å². The van der Waals surface area contributed by atoms with Crippen LogP contribution in [-0.4, -0.2) is 23.4 Å². The van der Waals surface area contributed by atoms with E-state index in [2.05, 4.69) is 29.8 Å². The highest BCUT2D eigenvalue weighted by Gasteiger charge is 2.49. The summed E-state index contributed by atoms with van der Waals surface area (Å²) in [5.74, 6) is 0.834. The quantitative estimate of drug-likeness (QED) is 0.899. The van der Waals surface area contributed by atoms with Crippen molar-refractivity contribution in [1.29, 1.82) is 0 Å². The van der Waals surface area contributed by atoms with Crippen LogP contribution >= 0.6 is 15.9 Å². The molecule has 2 rings (SSSR count). The number of aliphatic hydroxyl groups excluding tert-OH is 1. The molecule has 0 bridgehead atoms. The van der Waals surface area contributed by atoms with E-state index in [0.29, 0.717) is 0 Å². The number of halogens is 1. The van der Waals surface area contributed by atoms with E-state index >= 15 is 0 Å². The van der Waals surface area contributed by atoms with Crippen molar-refractivity contribution in [3.8, 4) is 5.75 Å². The molecule has 2 unspecified atom stereocenters. The van der Waals surface area contributed by atoms with Crippen molar-refractivity contribution >= 4 is 15.9 Å². The summed E-state index contributed by atoms with van der Waals surface area (Å²) in [5, 5.41) is 10.7. The van der Waals surface area contributed by atoms with E-state index in [1.165, 1.54) is 0 Å². The molecule has 0 spiro atoms. The molecule has 1 N–H and O–H groups in total. The van der Waals surface area contributed by atoms with Crippen molar-refractivity contribution < 1.29 is 14.6 Å². The smallest absolute Gasteiger partial charge is 0.133 e. The predicted octanol–water partition coefficient (Wildman–Crippen LogP) is 4.08. The topological polar surface area (TPSA) is 38.7 Å². The average Bonchev–Trinajstić information content (AvgIpc) is 2.56. The number of hydrogen-bond donors (Lipinski definition) is 1. The van der Waals surface area contributed by atoms with Crippen LogP contribution in [0.25, 0.3) is 0 Å². The number of benzene rings is 1. The number of hydrogen-bond acceptors (Lipinski definition) is 3. The molecule has 0 aromatic heterocycles. The molecule has 1 aromatic carbocycles. The molecule has 112 valence electrons. The summed E-state index contributed by atoms with van der Waals surface area (Å²) >= 11 is 3.47. The minimum atomic E-state index is -0.547. The van der Waals surface area contributed by atoms with E-state index in [-0.39, 0.29) is 17.1 Å². The van der Waals surface area contributed by atoms with Gasteiger partial charge in [-0.3, -0.25) is 0 Å². The van der Waals surface area contributed by atoms with Crippen molar-refractivity contribution in [2.24, 2.45) is 5.92 Å². The second-order valence-corrected chi connectivity index (χ2v) is 7.47. The molecule has 0 saturated carbocycles. The minimum Gasteiger partial charge on any atom is -0.496 e. The molecular formula is C16H23BrO3. The Balaban J connectivity index is 2.27. The van der Waals surface area contributed by atoms with Gasteiger partial charge in [0.05, 0.1) is 28.9 Å². The zero-order valence-electron chi connectivity index (χ0n) is 12.7.